The molecule has 3 fully saturated rings. The molecule has 0 heteroatoms. The second-order valence-electron chi connectivity index (χ2n) is 9.02. The first-order valence-electron chi connectivity index (χ1n) is 10.1. The minimum Gasteiger partial charge on any atom is -0.0654 e. The Labute approximate surface area is 133 Å². The van der Waals surface area contributed by atoms with Crippen molar-refractivity contribution >= 4 is 0 Å². The molecule has 8 unspecified atom stereocenters. The van der Waals surface area contributed by atoms with Crippen molar-refractivity contribution in [3.8, 4) is 0 Å². The van der Waals surface area contributed by atoms with Crippen LogP contribution in [0.25, 0.3) is 0 Å². The van der Waals surface area contributed by atoms with Gasteiger partial charge in [0.25, 0.3) is 0 Å². The van der Waals surface area contributed by atoms with Crippen LogP contribution in [0, 0.1) is 53.3 Å². The van der Waals surface area contributed by atoms with Crippen LogP contribution in [0.2, 0.25) is 0 Å². The molecule has 8 atom stereocenters. The van der Waals surface area contributed by atoms with Crippen molar-refractivity contribution in [2.45, 2.75) is 79.6 Å². The fourth-order valence-corrected chi connectivity index (χ4v) is 7.07. The Morgan fingerprint density at radius 2 is 1.62 bits per heavy atom. The summed E-state index contributed by atoms with van der Waals surface area (Å²) in [5, 5.41) is 0. The van der Waals surface area contributed by atoms with E-state index in [9.17, 15) is 0 Å². The van der Waals surface area contributed by atoms with Crippen LogP contribution in [0.1, 0.15) is 79.6 Å². The molecule has 0 aromatic heterocycles. The van der Waals surface area contributed by atoms with Gasteiger partial charge in [0.1, 0.15) is 0 Å². The van der Waals surface area contributed by atoms with E-state index in [4.69, 9.17) is 0 Å². The lowest BCUT2D eigenvalue weighted by Gasteiger charge is -2.47. The molecule has 21 heavy (non-hydrogen) atoms. The van der Waals surface area contributed by atoms with E-state index in [0.717, 1.165) is 53.3 Å². The molecule has 0 saturated heterocycles. The summed E-state index contributed by atoms with van der Waals surface area (Å²) < 4.78 is 0. The molecule has 3 rings (SSSR count). The molecule has 0 nitrogen and oxygen atoms in total. The van der Waals surface area contributed by atoms with E-state index in [1.165, 1.54) is 25.7 Å². The molecule has 0 heterocycles. The van der Waals surface area contributed by atoms with Gasteiger partial charge < -0.3 is 0 Å². The smallest absolute Gasteiger partial charge is 0.0323 e. The van der Waals surface area contributed by atoms with Crippen LogP contribution in [-0.4, -0.2) is 0 Å². The average Bonchev–Trinajstić information content (AvgIpc) is 3.18. The molecule has 3 saturated carbocycles. The highest BCUT2D eigenvalue weighted by molar-refractivity contribution is 5.05. The van der Waals surface area contributed by atoms with Gasteiger partial charge >= 0.3 is 0 Å². The molecule has 0 aliphatic heterocycles. The molecule has 0 aromatic rings. The van der Waals surface area contributed by atoms with Gasteiger partial charge in [-0.3, -0.25) is 0 Å². The largest absolute Gasteiger partial charge is 0.0654 e. The minimum absolute atomic E-state index is 0.898. The Kier molecular flexibility index (Phi) is 4.72. The van der Waals surface area contributed by atoms with E-state index < -0.39 is 0 Å². The average molecular weight is 291 g/mol. The lowest BCUT2D eigenvalue weighted by molar-refractivity contribution is 0.0145. The first kappa shape index (κ1) is 15.9. The van der Waals surface area contributed by atoms with E-state index in [0.29, 0.717) is 0 Å². The summed E-state index contributed by atoms with van der Waals surface area (Å²) in [5.74, 6) is 9.45. The van der Waals surface area contributed by atoms with Crippen molar-refractivity contribution in [1.29, 1.82) is 0 Å². The highest BCUT2D eigenvalue weighted by atomic mass is 14.6. The molecule has 0 aromatic carbocycles. The SMILES string of the molecule is CCCC1C(C(C)C)CCC2CCC3C(CC)C3C(C)C21. The summed E-state index contributed by atoms with van der Waals surface area (Å²) in [6, 6.07) is 0. The number of hydrogen-bond donors (Lipinski definition) is 0. The lowest BCUT2D eigenvalue weighted by atomic mass is 9.58. The van der Waals surface area contributed by atoms with Crippen LogP contribution in [-0.2, 0) is 0 Å². The van der Waals surface area contributed by atoms with Crippen LogP contribution >= 0.6 is 0 Å². The van der Waals surface area contributed by atoms with Crippen molar-refractivity contribution in [1.82, 2.24) is 0 Å². The third-order valence-electron chi connectivity index (χ3n) is 7.89. The molecule has 3 aliphatic carbocycles. The Balaban J connectivity index is 1.82. The van der Waals surface area contributed by atoms with Gasteiger partial charge in [0.15, 0.2) is 0 Å². The van der Waals surface area contributed by atoms with Crippen molar-refractivity contribution < 1.29 is 0 Å². The maximum absolute atomic E-state index is 2.65. The van der Waals surface area contributed by atoms with Gasteiger partial charge in [0.05, 0.1) is 0 Å². The highest BCUT2D eigenvalue weighted by Gasteiger charge is 2.57. The molecular weight excluding hydrogens is 252 g/mol. The fraction of sp³-hybridized carbons (Fsp3) is 1.00. The normalized spacial score (nSPS) is 49.4. The highest BCUT2D eigenvalue weighted by Crippen LogP contribution is 2.64. The molecule has 0 spiro atoms. The predicted molar refractivity (Wildman–Crippen MR) is 92.1 cm³/mol. The van der Waals surface area contributed by atoms with E-state index >= 15 is 0 Å². The zero-order chi connectivity index (χ0) is 15.1. The first-order chi connectivity index (χ1) is 10.1. The minimum atomic E-state index is 0.898. The summed E-state index contributed by atoms with van der Waals surface area (Å²) in [7, 11) is 0. The molecular formula is C21H38. The van der Waals surface area contributed by atoms with Crippen LogP contribution in [0.15, 0.2) is 0 Å². The van der Waals surface area contributed by atoms with Gasteiger partial charge in [-0.2, -0.15) is 0 Å². The van der Waals surface area contributed by atoms with Crippen molar-refractivity contribution in [3.05, 3.63) is 0 Å². The Bertz CT molecular complexity index is 344. The predicted octanol–water partition coefficient (Wildman–Crippen LogP) is 6.40. The van der Waals surface area contributed by atoms with Gasteiger partial charge in [-0.1, -0.05) is 53.9 Å². The van der Waals surface area contributed by atoms with Gasteiger partial charge in [-0.05, 0) is 78.9 Å². The third-order valence-corrected chi connectivity index (χ3v) is 7.89. The second-order valence-corrected chi connectivity index (χ2v) is 9.02. The zero-order valence-corrected chi connectivity index (χ0v) is 15.1. The summed E-state index contributed by atoms with van der Waals surface area (Å²) >= 11 is 0. The summed E-state index contributed by atoms with van der Waals surface area (Å²) in [5.41, 5.74) is 0. The number of hydrogen-bond acceptors (Lipinski definition) is 0. The third kappa shape index (κ3) is 2.70. The molecule has 0 N–H and O–H groups in total. The standard InChI is InChI=1S/C21H38/c1-6-8-18-17(13(3)4)11-9-15-10-12-19-16(7-2)21(19)14(5)20(15)18/h13-21H,6-12H2,1-5H3. The van der Waals surface area contributed by atoms with Crippen molar-refractivity contribution in [3.63, 3.8) is 0 Å². The molecule has 0 radical (unpaired) electrons. The fourth-order valence-electron chi connectivity index (χ4n) is 7.07. The van der Waals surface area contributed by atoms with Gasteiger partial charge in [-0.25, -0.2) is 0 Å². The van der Waals surface area contributed by atoms with Crippen molar-refractivity contribution in [2.24, 2.45) is 53.3 Å². The van der Waals surface area contributed by atoms with Crippen LogP contribution in [0.4, 0.5) is 0 Å². The molecule has 122 valence electrons. The summed E-state index contributed by atoms with van der Waals surface area (Å²) in [6.45, 7) is 12.5. The Morgan fingerprint density at radius 1 is 0.905 bits per heavy atom. The van der Waals surface area contributed by atoms with Crippen LogP contribution in [0.3, 0.4) is 0 Å². The van der Waals surface area contributed by atoms with Crippen LogP contribution < -0.4 is 0 Å². The Hall–Kier alpha value is 0. The summed E-state index contributed by atoms with van der Waals surface area (Å²) in [6.07, 6.45) is 10.6. The van der Waals surface area contributed by atoms with E-state index in [1.807, 2.05) is 0 Å². The Morgan fingerprint density at radius 3 is 2.24 bits per heavy atom. The maximum Gasteiger partial charge on any atom is -0.0323 e. The molecule has 0 bridgehead atoms. The molecule has 0 amide bonds. The number of rotatable bonds is 4. The monoisotopic (exact) mass is 290 g/mol. The molecule has 3 aliphatic rings. The second kappa shape index (κ2) is 6.25. The maximum atomic E-state index is 2.65. The van der Waals surface area contributed by atoms with Crippen LogP contribution in [0.5, 0.6) is 0 Å². The van der Waals surface area contributed by atoms with Gasteiger partial charge in [-0.15, -0.1) is 0 Å². The summed E-state index contributed by atoms with van der Waals surface area (Å²) in [4.78, 5) is 0. The van der Waals surface area contributed by atoms with Gasteiger partial charge in [0.2, 0.25) is 0 Å². The van der Waals surface area contributed by atoms with E-state index in [1.54, 1.807) is 19.3 Å². The quantitative estimate of drug-likeness (QED) is 0.561. The number of fused-ring (bicyclic) bond motifs is 2. The van der Waals surface area contributed by atoms with Crippen molar-refractivity contribution in [2.75, 3.05) is 0 Å². The first-order valence-corrected chi connectivity index (χ1v) is 10.1. The van der Waals surface area contributed by atoms with E-state index in [2.05, 4.69) is 34.6 Å². The lowest BCUT2D eigenvalue weighted by Crippen LogP contribution is -2.40. The topological polar surface area (TPSA) is 0 Å². The van der Waals surface area contributed by atoms with E-state index in [-0.39, 0.29) is 0 Å². The zero-order valence-electron chi connectivity index (χ0n) is 15.1. The van der Waals surface area contributed by atoms with Gasteiger partial charge in [0, 0.05) is 0 Å².